The monoisotopic (exact) mass is 2190 g/mol. The van der Waals surface area contributed by atoms with E-state index < -0.39 is 12.3 Å². The van der Waals surface area contributed by atoms with Crippen LogP contribution in [0.4, 0.5) is 17.1 Å². The number of imidazole rings is 1. The minimum absolute atomic E-state index is 0. The molecule has 2 N–H and O–H groups in total. The number of carbonyl (C=O) groups excluding carboxylic acids is 1. The van der Waals surface area contributed by atoms with Crippen LogP contribution in [0.5, 0.6) is 5.75 Å². The number of allylic oxidation sites excluding steroid dienone is 10. The minimum atomic E-state index is -1.02. The molecule has 14 nitrogen and oxygen atoms in total. The van der Waals surface area contributed by atoms with Crippen LogP contribution in [0.15, 0.2) is 441 Å². The zero-order valence-corrected chi connectivity index (χ0v) is 83.8. The third-order valence-corrected chi connectivity index (χ3v) is 24.4. The van der Waals surface area contributed by atoms with Gasteiger partial charge in [0.2, 0.25) is 5.69 Å². The summed E-state index contributed by atoms with van der Waals surface area (Å²) in [4.78, 5) is 28.2. The van der Waals surface area contributed by atoms with Gasteiger partial charge in [-0.05, 0) is 156 Å². The van der Waals surface area contributed by atoms with Crippen molar-refractivity contribution >= 4 is 66.4 Å². The van der Waals surface area contributed by atoms with Gasteiger partial charge in [0.1, 0.15) is 37.8 Å². The molecule has 12 aromatic carbocycles. The number of nitrogens with one attached hydrogen (secondary N) is 1. The first-order valence-electron chi connectivity index (χ1n) is 50.7. The Bertz CT molecular complexity index is 7990. The van der Waals surface area contributed by atoms with Crippen LogP contribution in [-0.2, 0) is 71.1 Å². The van der Waals surface area contributed by atoms with E-state index >= 15 is 0 Å². The van der Waals surface area contributed by atoms with Crippen LogP contribution in [-0.4, -0.2) is 47.5 Å². The Labute approximate surface area is 859 Å². The van der Waals surface area contributed by atoms with Gasteiger partial charge in [-0.3, -0.25) is 14.8 Å². The number of azo groups is 1. The Morgan fingerprint density at radius 2 is 1.28 bits per heavy atom. The van der Waals surface area contributed by atoms with Gasteiger partial charge in [-0.2, -0.15) is 19.4 Å². The molecule has 5 aromatic heterocycles. The summed E-state index contributed by atoms with van der Waals surface area (Å²) in [5.74, 6) is 3.04. The summed E-state index contributed by atoms with van der Waals surface area (Å²) in [5.41, 5.74) is 27.3. The molecule has 7 aliphatic heterocycles. The molecule has 0 spiro atoms. The van der Waals surface area contributed by atoms with Gasteiger partial charge in [-0.25, -0.2) is 4.57 Å². The standard InChI is InChI=1S/C27H18N.C22H25N2.C18H17N3.C15H10NO.C14H12N2.C12H12N.C11H8N.C5H8O2.2Ir/c1-4-10-20(11-5-1)23-16-17-26-25(18-23)24(21-12-6-2-7-13-21)19-27(28-26)22-14-8-3-9-15-22;1-15(2)18-10-7-11-19(16(3)4)21(18)24-13-12-23-14-17-8-5-6-9-20(17)22(23)24;1-11(2)20-21-17-15-8-4-3-7-13(15)14-9-5-6-12-10-19-18(17)16(12)14;1-11-13(14-7-4-5-9-16-14)10-12-6-2-3-8-15(12)17-11;1-2-7-13-11(5-1)9-14-15-8-4-3-6-12(15)10-16(13)14;1-2-6-11-10(5-1)9-13-8-4-3-7-12(11)13;1-2-6-10(7-3-1)11-8-4-5-9-12-11;1-4(6)3-5(2)7;;/h1-14,16-19H;5-13,15-16H,14H2,1-4H3;3-9,11,19H,10H2,1-2H3;2-9H,1H2;1-8,10,14H,9H2;1-4,6-8,10H,5,9H2;1-6,8-9H;3,6H,1-2H3;;/q-1;+1;;-1;;+1;-1;;;/i;;;;;1D,2D,3D,4D,5D,6D,7D,8D;;;;. The second-order valence-electron chi connectivity index (χ2n) is 35.0. The number of hydrogen-bond donors (Lipinski definition) is 2. The molecule has 0 fully saturated rings. The number of hydrogen-bond acceptors (Lipinski definition) is 11. The van der Waals surface area contributed by atoms with E-state index in [-0.39, 0.29) is 118 Å². The molecule has 3 unspecified atom stereocenters. The Kier molecular flexibility index (Phi) is 28.6. The Morgan fingerprint density at radius 1 is 0.629 bits per heavy atom. The third kappa shape index (κ3) is 22.3. The number of anilines is 2. The molecule has 3 atom stereocenters. The first-order chi connectivity index (χ1) is 70.8. The van der Waals surface area contributed by atoms with Gasteiger partial charge in [0.15, 0.2) is 18.5 Å². The Hall–Kier alpha value is -15.3. The fraction of sp³-hybridized carbons (Fsp3) is 0.145. The van der Waals surface area contributed by atoms with Crippen molar-refractivity contribution in [2.45, 2.75) is 112 Å². The van der Waals surface area contributed by atoms with Crippen molar-refractivity contribution in [3.05, 3.63) is 494 Å². The quantitative estimate of drug-likeness (QED) is 0.0323. The molecule has 140 heavy (non-hydrogen) atoms. The van der Waals surface area contributed by atoms with E-state index in [4.69, 9.17) is 25.8 Å². The van der Waals surface area contributed by atoms with E-state index in [2.05, 4.69) is 328 Å². The SMILES string of the molecule is C1=CC2=CN3c4ccccc4CC3N2C=C1.C=C1Oc2ccccc2[C-]=C1c1ccccn1.CC(=O)C=C(C)O.CC(C)N=Nc1c2c3c(cccc3c3ccccc13)CN2.CC(C)c1cccc(C(C)C)c1-n1cc[n+]2c1-c1ccccc1C2.[2H]C1=C([2H])C([2H])C2C[n+]3c([2H])c([2H])c([2H])c([2H])c3C2=C1[2H].[Ir].[Ir].[c-]1ccccc1-c1cc(-c2ccccc2)c2cc(-c3ccccc3)ccc2n1.[c-]1ccccc1-c1ccccn1. The van der Waals surface area contributed by atoms with E-state index in [1.807, 2.05) is 129 Å². The zero-order chi connectivity index (χ0) is 102. The number of carbonyl (C=O) groups is 1. The predicted octanol–water partition coefficient (Wildman–Crippen LogP) is 28.9. The maximum absolute atomic E-state index is 10.0. The van der Waals surface area contributed by atoms with Gasteiger partial charge >= 0.3 is 0 Å². The molecule has 0 amide bonds. The average molecular weight is 2190 g/mol. The number of rotatable bonds is 11. The van der Waals surface area contributed by atoms with Crippen LogP contribution in [0.2, 0.25) is 0 Å². The molecule has 0 bridgehead atoms. The second-order valence-corrected chi connectivity index (χ2v) is 35.0. The van der Waals surface area contributed by atoms with Gasteiger partial charge in [0, 0.05) is 147 Å². The number of ketones is 1. The number of aliphatic hydroxyl groups is 1. The number of pyridine rings is 4. The summed E-state index contributed by atoms with van der Waals surface area (Å²) in [7, 11) is 0. The minimum Gasteiger partial charge on any atom is -0.527 e. The third-order valence-electron chi connectivity index (χ3n) is 24.4. The fourth-order valence-electron chi connectivity index (χ4n) is 18.1. The van der Waals surface area contributed by atoms with Gasteiger partial charge in [0.25, 0.3) is 5.82 Å². The number of aliphatic hydroxyl groups excluding tert-OH is 1. The molecule has 17 aromatic rings. The molecule has 16 heteroatoms. The molecule has 12 heterocycles. The number of benzene rings is 12. The topological polar surface area (TPSA) is 141 Å². The van der Waals surface area contributed by atoms with Crippen LogP contribution in [0.1, 0.15) is 129 Å². The largest absolute Gasteiger partial charge is 0.527 e. The van der Waals surface area contributed by atoms with Crippen LogP contribution in [0, 0.1) is 24.1 Å². The number of aromatic nitrogens is 6. The smallest absolute Gasteiger partial charge is 0.294 e. The normalized spacial score (nSPS) is 16.0. The Morgan fingerprint density at radius 3 is 1.98 bits per heavy atom. The summed E-state index contributed by atoms with van der Waals surface area (Å²) in [6.45, 7) is 22.0. The van der Waals surface area contributed by atoms with Crippen molar-refractivity contribution in [2.24, 2.45) is 16.1 Å². The fourth-order valence-corrected chi connectivity index (χ4v) is 18.1. The summed E-state index contributed by atoms with van der Waals surface area (Å²) < 4.78 is 74.7. The molecular weight excluding hydrogens is 2080 g/mol. The van der Waals surface area contributed by atoms with Crippen molar-refractivity contribution in [1.82, 2.24) is 24.4 Å². The van der Waals surface area contributed by atoms with Crippen molar-refractivity contribution < 1.29 is 74.9 Å². The molecule has 2 radical (unpaired) electrons. The van der Waals surface area contributed by atoms with Gasteiger partial charge in [0.05, 0.1) is 59.9 Å². The molecule has 25 rings (SSSR count). The molecule has 8 aliphatic rings. The molecule has 0 saturated carbocycles. The molecular formula is C124H110Ir2N11O3-. The van der Waals surface area contributed by atoms with Gasteiger partial charge in [-0.1, -0.05) is 282 Å². The first kappa shape index (κ1) is 87.5. The van der Waals surface area contributed by atoms with Crippen LogP contribution < -0.4 is 24.1 Å². The molecule has 698 valence electrons. The van der Waals surface area contributed by atoms with Crippen LogP contribution in [0.25, 0.3) is 105 Å². The summed E-state index contributed by atoms with van der Waals surface area (Å²) in [6, 6.07) is 109. The maximum Gasteiger partial charge on any atom is 0.294 e. The van der Waals surface area contributed by atoms with Crippen molar-refractivity contribution in [3.63, 3.8) is 0 Å². The van der Waals surface area contributed by atoms with E-state index in [0.29, 0.717) is 23.8 Å². The van der Waals surface area contributed by atoms with Crippen LogP contribution >= 0.6 is 0 Å². The van der Waals surface area contributed by atoms with Crippen molar-refractivity contribution in [2.75, 3.05) is 10.2 Å². The number of nitrogens with zero attached hydrogens (tertiary/aromatic N) is 10. The van der Waals surface area contributed by atoms with Crippen LogP contribution in [0.3, 0.4) is 0 Å². The number of fused-ring (bicyclic) bond motifs is 15. The second kappa shape index (κ2) is 45.8. The van der Waals surface area contributed by atoms with Crippen molar-refractivity contribution in [1.29, 1.82) is 0 Å². The number of para-hydroxylation sites is 3. The first-order valence-corrected chi connectivity index (χ1v) is 46.6. The average Bonchev–Trinajstić information content (AvgIpc) is 1.61. The van der Waals surface area contributed by atoms with Gasteiger partial charge < -0.3 is 29.9 Å². The molecule has 0 saturated heterocycles. The summed E-state index contributed by atoms with van der Waals surface area (Å²) in [6.07, 6.45) is 23.5. The molecule has 1 aliphatic carbocycles. The van der Waals surface area contributed by atoms with E-state index in [1.54, 1.807) is 12.4 Å². The summed E-state index contributed by atoms with van der Waals surface area (Å²) >= 11 is 0. The Balaban J connectivity index is 0.000000123. The predicted molar refractivity (Wildman–Crippen MR) is 562 cm³/mol. The van der Waals surface area contributed by atoms with E-state index in [9.17, 15) is 4.79 Å². The zero-order valence-electron chi connectivity index (χ0n) is 87.0. The number of ether oxygens (including phenoxy) is 1. The van der Waals surface area contributed by atoms with Gasteiger partial charge in [-0.15, -0.1) is 83.9 Å². The van der Waals surface area contributed by atoms with E-state index in [0.717, 1.165) is 92.3 Å². The summed E-state index contributed by atoms with van der Waals surface area (Å²) in [5, 5.41) is 27.0. The van der Waals surface area contributed by atoms with E-state index in [1.165, 1.54) is 119 Å². The van der Waals surface area contributed by atoms with Crippen molar-refractivity contribution in [3.8, 4) is 67.6 Å². The maximum atomic E-state index is 10.0.